The van der Waals surface area contributed by atoms with Crippen LogP contribution in [-0.4, -0.2) is 46.8 Å². The first kappa shape index (κ1) is 16.8. The summed E-state index contributed by atoms with van der Waals surface area (Å²) in [5, 5.41) is 0. The second-order valence-corrected chi connectivity index (χ2v) is 7.46. The van der Waals surface area contributed by atoms with E-state index in [1.165, 1.54) is 18.4 Å². The number of alkyl halides is 1. The molecule has 3 atom stereocenters. The summed E-state index contributed by atoms with van der Waals surface area (Å²) >= 11 is 5.92. The number of amides is 1. The Morgan fingerprint density at radius 3 is 2.70 bits per heavy atom. The second-order valence-electron chi connectivity index (χ2n) is 7.20. The molecule has 1 aromatic carbocycles. The topological polar surface area (TPSA) is 23.6 Å². The van der Waals surface area contributed by atoms with Crippen molar-refractivity contribution in [3.8, 4) is 0 Å². The molecule has 2 saturated heterocycles. The average Bonchev–Trinajstić information content (AvgIpc) is 2.80. The Morgan fingerprint density at radius 1 is 1.26 bits per heavy atom. The Balaban J connectivity index is 1.95. The van der Waals surface area contributed by atoms with Gasteiger partial charge in [-0.1, -0.05) is 43.2 Å². The molecule has 0 N–H and O–H groups in total. The van der Waals surface area contributed by atoms with Crippen LogP contribution in [0.15, 0.2) is 30.3 Å². The van der Waals surface area contributed by atoms with Gasteiger partial charge in [0.05, 0.1) is 5.54 Å². The van der Waals surface area contributed by atoms with Gasteiger partial charge in [-0.2, -0.15) is 0 Å². The van der Waals surface area contributed by atoms with Crippen molar-refractivity contribution in [2.24, 2.45) is 0 Å². The molecule has 1 aromatic rings. The first-order valence-electron chi connectivity index (χ1n) is 8.71. The molecule has 0 radical (unpaired) electrons. The zero-order chi connectivity index (χ0) is 16.4. The number of hydrogen-bond acceptors (Lipinski definition) is 2. The third-order valence-electron chi connectivity index (χ3n) is 5.88. The van der Waals surface area contributed by atoms with Gasteiger partial charge >= 0.3 is 0 Å². The maximum atomic E-state index is 12.5. The highest BCUT2D eigenvalue weighted by Crippen LogP contribution is 2.47. The number of likely N-dealkylation sites (N-methyl/N-ethyl adjacent to an activating group) is 1. The number of benzene rings is 1. The van der Waals surface area contributed by atoms with Crippen molar-refractivity contribution in [2.75, 3.05) is 19.5 Å². The predicted molar refractivity (Wildman–Crippen MR) is 94.7 cm³/mol. The molecular weight excluding hydrogens is 308 g/mol. The minimum atomic E-state index is -0.123. The molecule has 2 aliphatic rings. The number of carbonyl (C=O) groups is 1. The fourth-order valence-electron chi connectivity index (χ4n) is 4.68. The van der Waals surface area contributed by atoms with Crippen LogP contribution in [0, 0.1) is 0 Å². The number of fused-ring (bicyclic) bond motifs is 1. The predicted octanol–water partition coefficient (Wildman–Crippen LogP) is 3.83. The van der Waals surface area contributed by atoms with Gasteiger partial charge in [-0.3, -0.25) is 9.69 Å². The van der Waals surface area contributed by atoms with Gasteiger partial charge in [0.25, 0.3) is 0 Å². The molecule has 0 unspecified atom stereocenters. The van der Waals surface area contributed by atoms with Gasteiger partial charge in [0.2, 0.25) is 5.91 Å². The van der Waals surface area contributed by atoms with Crippen LogP contribution in [0.4, 0.5) is 0 Å². The van der Waals surface area contributed by atoms with E-state index >= 15 is 0 Å². The quantitative estimate of drug-likeness (QED) is 0.767. The number of likely N-dealkylation sites (tertiary alicyclic amines) is 2. The van der Waals surface area contributed by atoms with Gasteiger partial charge in [-0.25, -0.2) is 0 Å². The van der Waals surface area contributed by atoms with E-state index in [-0.39, 0.29) is 17.3 Å². The zero-order valence-corrected chi connectivity index (χ0v) is 14.9. The molecule has 126 valence electrons. The molecule has 0 aromatic heterocycles. The Morgan fingerprint density at radius 2 is 2.00 bits per heavy atom. The Kier molecular flexibility index (Phi) is 4.98. The van der Waals surface area contributed by atoms with E-state index in [2.05, 4.69) is 54.1 Å². The van der Waals surface area contributed by atoms with Crippen LogP contribution in [0.1, 0.15) is 50.6 Å². The largest absolute Gasteiger partial charge is 0.335 e. The van der Waals surface area contributed by atoms with E-state index in [0.29, 0.717) is 12.1 Å². The number of hydrogen-bond donors (Lipinski definition) is 0. The molecular formula is C19H27ClN2O. The molecule has 1 amide bonds. The molecule has 2 aliphatic heterocycles. The van der Waals surface area contributed by atoms with E-state index in [9.17, 15) is 4.79 Å². The van der Waals surface area contributed by atoms with Crippen LogP contribution in [0.3, 0.4) is 0 Å². The molecule has 0 bridgehead atoms. The summed E-state index contributed by atoms with van der Waals surface area (Å²) in [6, 6.07) is 11.5. The summed E-state index contributed by atoms with van der Waals surface area (Å²) in [6.07, 6.45) is 5.67. The number of carbonyl (C=O) groups excluding carboxylic acids is 1. The van der Waals surface area contributed by atoms with Gasteiger partial charge in [-0.15, -0.1) is 11.6 Å². The van der Waals surface area contributed by atoms with Crippen LogP contribution in [0.2, 0.25) is 0 Å². The summed E-state index contributed by atoms with van der Waals surface area (Å²) in [5.74, 6) is 0.172. The van der Waals surface area contributed by atoms with Crippen molar-refractivity contribution in [3.63, 3.8) is 0 Å². The molecule has 23 heavy (non-hydrogen) atoms. The third kappa shape index (κ3) is 3.01. The van der Waals surface area contributed by atoms with Gasteiger partial charge < -0.3 is 4.90 Å². The molecule has 3 rings (SSSR count). The van der Waals surface area contributed by atoms with Crippen molar-refractivity contribution in [2.45, 2.75) is 56.7 Å². The average molecular weight is 335 g/mol. The van der Waals surface area contributed by atoms with Crippen LogP contribution in [0.25, 0.3) is 0 Å². The normalized spacial score (nSPS) is 32.2. The first-order valence-corrected chi connectivity index (χ1v) is 9.24. The van der Waals surface area contributed by atoms with Crippen LogP contribution in [0.5, 0.6) is 0 Å². The van der Waals surface area contributed by atoms with E-state index in [1.807, 2.05) is 0 Å². The summed E-state index contributed by atoms with van der Waals surface area (Å²) in [6.45, 7) is 3.11. The Bertz CT molecular complexity index is 550. The van der Waals surface area contributed by atoms with E-state index in [4.69, 9.17) is 11.6 Å². The molecule has 0 saturated carbocycles. The van der Waals surface area contributed by atoms with Crippen molar-refractivity contribution in [1.82, 2.24) is 9.80 Å². The molecule has 0 aliphatic carbocycles. The third-order valence-corrected chi connectivity index (χ3v) is 6.11. The number of nitrogens with zero attached hydrogens (tertiary/aromatic N) is 2. The summed E-state index contributed by atoms with van der Waals surface area (Å²) in [4.78, 5) is 17.1. The minimum absolute atomic E-state index is 0.0853. The highest BCUT2D eigenvalue weighted by Gasteiger charge is 2.52. The summed E-state index contributed by atoms with van der Waals surface area (Å²) in [5.41, 5.74) is 1.23. The fourth-order valence-corrected chi connectivity index (χ4v) is 4.83. The first-order chi connectivity index (χ1) is 11.1. The summed E-state index contributed by atoms with van der Waals surface area (Å²) in [7, 11) is 2.22. The smallest absolute Gasteiger partial charge is 0.238 e. The lowest BCUT2D eigenvalue weighted by Gasteiger charge is -2.45. The molecule has 2 fully saturated rings. The lowest BCUT2D eigenvalue weighted by Crippen LogP contribution is -2.57. The van der Waals surface area contributed by atoms with E-state index < -0.39 is 0 Å². The SMILES string of the molecule is CN1[C@H](c2ccccc2)C[C@@]2(C)[C@H]1CCCCCN2C(=O)CCl. The number of halogens is 1. The minimum Gasteiger partial charge on any atom is -0.335 e. The van der Waals surface area contributed by atoms with Crippen molar-refractivity contribution in [1.29, 1.82) is 0 Å². The van der Waals surface area contributed by atoms with E-state index in [0.717, 1.165) is 25.8 Å². The Labute approximate surface area is 144 Å². The number of rotatable bonds is 2. The van der Waals surface area contributed by atoms with Gasteiger partial charge in [0.1, 0.15) is 5.88 Å². The molecule has 2 heterocycles. The van der Waals surface area contributed by atoms with Crippen LogP contribution < -0.4 is 0 Å². The lowest BCUT2D eigenvalue weighted by molar-refractivity contribution is -0.136. The van der Waals surface area contributed by atoms with Crippen LogP contribution in [-0.2, 0) is 4.79 Å². The van der Waals surface area contributed by atoms with E-state index in [1.54, 1.807) is 0 Å². The van der Waals surface area contributed by atoms with Crippen molar-refractivity contribution >= 4 is 17.5 Å². The zero-order valence-electron chi connectivity index (χ0n) is 14.2. The molecule has 0 spiro atoms. The maximum Gasteiger partial charge on any atom is 0.238 e. The second kappa shape index (κ2) is 6.82. The monoisotopic (exact) mass is 334 g/mol. The lowest BCUT2D eigenvalue weighted by atomic mass is 9.83. The van der Waals surface area contributed by atoms with Gasteiger partial charge in [-0.05, 0) is 38.8 Å². The Hall–Kier alpha value is -1.06. The van der Waals surface area contributed by atoms with Crippen LogP contribution >= 0.6 is 11.6 Å². The summed E-state index contributed by atoms with van der Waals surface area (Å²) < 4.78 is 0. The van der Waals surface area contributed by atoms with Gasteiger partial charge in [0.15, 0.2) is 0 Å². The molecule has 3 nitrogen and oxygen atoms in total. The fraction of sp³-hybridized carbons (Fsp3) is 0.632. The van der Waals surface area contributed by atoms with Crippen molar-refractivity contribution < 1.29 is 4.79 Å². The van der Waals surface area contributed by atoms with Crippen molar-refractivity contribution in [3.05, 3.63) is 35.9 Å². The molecule has 4 heteroatoms. The maximum absolute atomic E-state index is 12.5. The standard InChI is InChI=1S/C19H27ClN2O/c1-19-13-16(15-9-5-3-6-10-15)21(2)17(19)11-7-4-8-12-22(19)18(23)14-20/h3,5-6,9-10,16-17H,4,7-8,11-14H2,1-2H3/t16-,17+,19-/m0/s1. The van der Waals surface area contributed by atoms with Gasteiger partial charge in [0, 0.05) is 18.6 Å². The highest BCUT2D eigenvalue weighted by molar-refractivity contribution is 6.27. The highest BCUT2D eigenvalue weighted by atomic mass is 35.5.